The molecule has 0 saturated carbocycles. The Balaban J connectivity index is 2.29. The van der Waals surface area contributed by atoms with Gasteiger partial charge in [0, 0.05) is 6.07 Å². The molecule has 2 rings (SSSR count). The van der Waals surface area contributed by atoms with Gasteiger partial charge in [0.2, 0.25) is 5.28 Å². The molecule has 0 N–H and O–H groups in total. The van der Waals surface area contributed by atoms with Gasteiger partial charge >= 0.3 is 12.0 Å². The SMILES string of the molecule is CCOc1nc(Cl)nc(Oc2cc(F)ccc2C)n1. The van der Waals surface area contributed by atoms with E-state index < -0.39 is 5.82 Å². The summed E-state index contributed by atoms with van der Waals surface area (Å²) in [7, 11) is 0. The zero-order chi connectivity index (χ0) is 13.8. The van der Waals surface area contributed by atoms with E-state index in [-0.39, 0.29) is 17.3 Å². The van der Waals surface area contributed by atoms with Crippen molar-refractivity contribution in [3.63, 3.8) is 0 Å². The largest absolute Gasteiger partial charge is 0.464 e. The molecule has 0 amide bonds. The van der Waals surface area contributed by atoms with Crippen molar-refractivity contribution in [2.24, 2.45) is 0 Å². The van der Waals surface area contributed by atoms with Crippen LogP contribution in [0.1, 0.15) is 12.5 Å². The Morgan fingerprint density at radius 2 is 1.95 bits per heavy atom. The van der Waals surface area contributed by atoms with Crippen LogP contribution in [0.25, 0.3) is 0 Å². The number of halogens is 2. The third kappa shape index (κ3) is 3.51. The van der Waals surface area contributed by atoms with E-state index in [4.69, 9.17) is 21.1 Å². The van der Waals surface area contributed by atoms with Crippen molar-refractivity contribution in [3.05, 3.63) is 34.9 Å². The van der Waals surface area contributed by atoms with E-state index in [0.717, 1.165) is 5.56 Å². The molecular formula is C12H11ClFN3O2. The molecule has 0 atom stereocenters. The number of ether oxygens (including phenoxy) is 2. The van der Waals surface area contributed by atoms with Gasteiger partial charge in [-0.2, -0.15) is 9.97 Å². The van der Waals surface area contributed by atoms with Crippen LogP contribution in [-0.4, -0.2) is 21.6 Å². The molecule has 0 aliphatic heterocycles. The predicted molar refractivity (Wildman–Crippen MR) is 67.2 cm³/mol. The number of rotatable bonds is 4. The van der Waals surface area contributed by atoms with Gasteiger partial charge in [-0.15, -0.1) is 4.98 Å². The average Bonchev–Trinajstić information content (AvgIpc) is 2.33. The highest BCUT2D eigenvalue weighted by molar-refractivity contribution is 6.28. The summed E-state index contributed by atoms with van der Waals surface area (Å²) in [6.45, 7) is 3.95. The molecule has 0 aliphatic rings. The van der Waals surface area contributed by atoms with Crippen LogP contribution in [0.4, 0.5) is 4.39 Å². The molecule has 100 valence electrons. The van der Waals surface area contributed by atoms with E-state index >= 15 is 0 Å². The topological polar surface area (TPSA) is 57.1 Å². The van der Waals surface area contributed by atoms with Crippen LogP contribution in [-0.2, 0) is 0 Å². The van der Waals surface area contributed by atoms with E-state index in [0.29, 0.717) is 12.4 Å². The summed E-state index contributed by atoms with van der Waals surface area (Å²) in [6.07, 6.45) is 0. The van der Waals surface area contributed by atoms with E-state index in [1.165, 1.54) is 12.1 Å². The molecule has 0 saturated heterocycles. The molecule has 7 heteroatoms. The van der Waals surface area contributed by atoms with Crippen LogP contribution in [0.2, 0.25) is 5.28 Å². The highest BCUT2D eigenvalue weighted by Gasteiger charge is 2.10. The lowest BCUT2D eigenvalue weighted by Gasteiger charge is -2.08. The van der Waals surface area contributed by atoms with Crippen molar-refractivity contribution in [2.45, 2.75) is 13.8 Å². The second kappa shape index (κ2) is 5.79. The van der Waals surface area contributed by atoms with Gasteiger partial charge in [0.1, 0.15) is 11.6 Å². The molecule has 2 aromatic rings. The van der Waals surface area contributed by atoms with Gasteiger partial charge in [-0.3, -0.25) is 0 Å². The van der Waals surface area contributed by atoms with Crippen LogP contribution in [0.15, 0.2) is 18.2 Å². The van der Waals surface area contributed by atoms with E-state index in [2.05, 4.69) is 15.0 Å². The number of benzene rings is 1. The third-order valence-corrected chi connectivity index (χ3v) is 2.36. The first-order valence-electron chi connectivity index (χ1n) is 5.57. The van der Waals surface area contributed by atoms with Crippen molar-refractivity contribution in [3.8, 4) is 17.8 Å². The van der Waals surface area contributed by atoms with Crippen LogP contribution in [0.3, 0.4) is 0 Å². The Bertz CT molecular complexity index is 595. The summed E-state index contributed by atoms with van der Waals surface area (Å²) in [5.41, 5.74) is 0.746. The van der Waals surface area contributed by atoms with Gasteiger partial charge in [0.25, 0.3) is 0 Å². The Hall–Kier alpha value is -1.95. The number of aryl methyl sites for hydroxylation is 1. The van der Waals surface area contributed by atoms with Crippen LogP contribution >= 0.6 is 11.6 Å². The highest BCUT2D eigenvalue weighted by atomic mass is 35.5. The molecule has 0 aliphatic carbocycles. The fourth-order valence-corrected chi connectivity index (χ4v) is 1.48. The Morgan fingerprint density at radius 3 is 2.68 bits per heavy atom. The maximum absolute atomic E-state index is 13.1. The monoisotopic (exact) mass is 283 g/mol. The lowest BCUT2D eigenvalue weighted by molar-refractivity contribution is 0.303. The van der Waals surface area contributed by atoms with Gasteiger partial charge in [0.15, 0.2) is 0 Å². The molecule has 0 radical (unpaired) electrons. The summed E-state index contributed by atoms with van der Waals surface area (Å²) in [5.74, 6) is -0.101. The summed E-state index contributed by atoms with van der Waals surface area (Å²) in [4.78, 5) is 11.5. The number of hydrogen-bond acceptors (Lipinski definition) is 5. The normalized spacial score (nSPS) is 10.3. The van der Waals surface area contributed by atoms with Crippen molar-refractivity contribution in [2.75, 3.05) is 6.61 Å². The summed E-state index contributed by atoms with van der Waals surface area (Å²) in [6, 6.07) is 4.20. The quantitative estimate of drug-likeness (QED) is 0.862. The van der Waals surface area contributed by atoms with Gasteiger partial charge in [0.05, 0.1) is 6.61 Å². The highest BCUT2D eigenvalue weighted by Crippen LogP contribution is 2.24. The molecule has 0 unspecified atom stereocenters. The predicted octanol–water partition coefficient (Wildman–Crippen LogP) is 3.16. The fraction of sp³-hybridized carbons (Fsp3) is 0.250. The van der Waals surface area contributed by atoms with E-state index in [1.807, 2.05) is 0 Å². The maximum atomic E-state index is 13.1. The average molecular weight is 284 g/mol. The lowest BCUT2D eigenvalue weighted by Crippen LogP contribution is -2.02. The first-order valence-corrected chi connectivity index (χ1v) is 5.94. The van der Waals surface area contributed by atoms with Gasteiger partial charge < -0.3 is 9.47 Å². The summed E-state index contributed by atoms with van der Waals surface area (Å²) < 4.78 is 23.7. The van der Waals surface area contributed by atoms with E-state index in [9.17, 15) is 4.39 Å². The molecule has 0 spiro atoms. The zero-order valence-electron chi connectivity index (χ0n) is 10.4. The molecule has 1 aromatic heterocycles. The number of hydrogen-bond donors (Lipinski definition) is 0. The van der Waals surface area contributed by atoms with E-state index in [1.54, 1.807) is 19.9 Å². The number of nitrogens with zero attached hydrogens (tertiary/aromatic N) is 3. The second-order valence-electron chi connectivity index (χ2n) is 3.61. The van der Waals surface area contributed by atoms with Crippen LogP contribution in [0, 0.1) is 12.7 Å². The minimum atomic E-state index is -0.411. The molecule has 1 heterocycles. The third-order valence-electron chi connectivity index (χ3n) is 2.19. The first kappa shape index (κ1) is 13.5. The number of aromatic nitrogens is 3. The molecule has 1 aromatic carbocycles. The maximum Gasteiger partial charge on any atom is 0.329 e. The van der Waals surface area contributed by atoms with Gasteiger partial charge in [-0.05, 0) is 37.1 Å². The first-order chi connectivity index (χ1) is 9.08. The zero-order valence-corrected chi connectivity index (χ0v) is 11.1. The Kier molecular flexibility index (Phi) is 4.11. The lowest BCUT2D eigenvalue weighted by atomic mass is 10.2. The summed E-state index contributed by atoms with van der Waals surface area (Å²) in [5, 5.41) is -0.0532. The molecule has 19 heavy (non-hydrogen) atoms. The molecule has 0 bridgehead atoms. The van der Waals surface area contributed by atoms with Crippen molar-refractivity contribution in [1.29, 1.82) is 0 Å². The minimum absolute atomic E-state index is 0.0443. The summed E-state index contributed by atoms with van der Waals surface area (Å²) >= 11 is 5.73. The minimum Gasteiger partial charge on any atom is -0.464 e. The molecule has 5 nitrogen and oxygen atoms in total. The molecular weight excluding hydrogens is 273 g/mol. The van der Waals surface area contributed by atoms with Crippen LogP contribution in [0.5, 0.6) is 17.8 Å². The molecule has 0 fully saturated rings. The van der Waals surface area contributed by atoms with Gasteiger partial charge in [-0.25, -0.2) is 4.39 Å². The second-order valence-corrected chi connectivity index (χ2v) is 3.95. The van der Waals surface area contributed by atoms with Crippen molar-refractivity contribution in [1.82, 2.24) is 15.0 Å². The van der Waals surface area contributed by atoms with Crippen molar-refractivity contribution >= 4 is 11.6 Å². The standard InChI is InChI=1S/C12H11ClFN3O2/c1-3-18-11-15-10(13)16-12(17-11)19-9-6-8(14)5-4-7(9)2/h4-6H,3H2,1-2H3. The fourth-order valence-electron chi connectivity index (χ4n) is 1.34. The Labute approximate surface area is 114 Å². The van der Waals surface area contributed by atoms with Gasteiger partial charge in [-0.1, -0.05) is 6.07 Å². The Morgan fingerprint density at radius 1 is 1.21 bits per heavy atom. The van der Waals surface area contributed by atoms with Crippen molar-refractivity contribution < 1.29 is 13.9 Å². The van der Waals surface area contributed by atoms with Crippen LogP contribution < -0.4 is 9.47 Å². The smallest absolute Gasteiger partial charge is 0.329 e.